The highest BCUT2D eigenvalue weighted by Crippen LogP contribution is 2.19. The van der Waals surface area contributed by atoms with Crippen LogP contribution >= 0.6 is 24.0 Å². The molecule has 3 N–H and O–H groups in total. The third kappa shape index (κ3) is 5.70. The molecule has 1 heterocycles. The van der Waals surface area contributed by atoms with Crippen LogP contribution in [0.5, 0.6) is 0 Å². The van der Waals surface area contributed by atoms with Gasteiger partial charge in [0.25, 0.3) is 0 Å². The number of amides is 1. The van der Waals surface area contributed by atoms with Crippen LogP contribution in [0.25, 0.3) is 11.4 Å². The zero-order chi connectivity index (χ0) is 17.7. The maximum atomic E-state index is 12.1. The van der Waals surface area contributed by atoms with Crippen LogP contribution in [0.3, 0.4) is 0 Å². The molecule has 0 aliphatic rings. The topological polar surface area (TPSA) is 94.0 Å². The predicted octanol–water partition coefficient (Wildman–Crippen LogP) is 3.23. The van der Waals surface area contributed by atoms with Gasteiger partial charge in [0.1, 0.15) is 0 Å². The van der Waals surface area contributed by atoms with Crippen molar-refractivity contribution in [3.05, 3.63) is 35.2 Å². The standard InChI is InChI=1S/C17H23ClN4O2.ClH/c1-11(2)17(3,10-19)21-14(23)8-9-15-20-16(22-24-15)12-4-6-13(18)7-5-12;/h4-7,11H,8-10,19H2,1-3H3,(H,21,23);1H. The predicted molar refractivity (Wildman–Crippen MR) is 101 cm³/mol. The van der Waals surface area contributed by atoms with Crippen LogP contribution in [0.15, 0.2) is 28.8 Å². The van der Waals surface area contributed by atoms with E-state index < -0.39 is 5.54 Å². The Morgan fingerprint density at radius 2 is 2.00 bits per heavy atom. The molecule has 1 amide bonds. The minimum atomic E-state index is -0.416. The number of hydrogen-bond donors (Lipinski definition) is 2. The van der Waals surface area contributed by atoms with E-state index in [1.807, 2.05) is 32.9 Å². The molecule has 25 heavy (non-hydrogen) atoms. The molecule has 1 unspecified atom stereocenters. The van der Waals surface area contributed by atoms with Gasteiger partial charge in [0.05, 0.1) is 5.54 Å². The molecule has 0 spiro atoms. The molecular formula is C17H24Cl2N4O2. The molecule has 1 aromatic carbocycles. The molecule has 0 aliphatic heterocycles. The van der Waals surface area contributed by atoms with Gasteiger partial charge in [-0.2, -0.15) is 4.98 Å². The van der Waals surface area contributed by atoms with E-state index in [2.05, 4.69) is 15.5 Å². The normalized spacial score (nSPS) is 13.2. The van der Waals surface area contributed by atoms with Crippen molar-refractivity contribution in [1.29, 1.82) is 0 Å². The second kappa shape index (κ2) is 9.17. The first-order valence-corrected chi connectivity index (χ1v) is 8.31. The Labute approximate surface area is 158 Å². The van der Waals surface area contributed by atoms with Crippen LogP contribution in [0, 0.1) is 5.92 Å². The fourth-order valence-corrected chi connectivity index (χ4v) is 2.23. The van der Waals surface area contributed by atoms with Crippen LogP contribution in [-0.4, -0.2) is 28.1 Å². The Kier molecular flexibility index (Phi) is 7.86. The van der Waals surface area contributed by atoms with Gasteiger partial charge < -0.3 is 15.6 Å². The Balaban J connectivity index is 0.00000312. The minimum absolute atomic E-state index is 0. The number of carbonyl (C=O) groups excluding carboxylic acids is 1. The molecule has 138 valence electrons. The number of carbonyl (C=O) groups is 1. The van der Waals surface area contributed by atoms with E-state index in [-0.39, 0.29) is 30.7 Å². The highest BCUT2D eigenvalue weighted by atomic mass is 35.5. The van der Waals surface area contributed by atoms with Gasteiger partial charge in [0.2, 0.25) is 17.6 Å². The lowest BCUT2D eigenvalue weighted by Gasteiger charge is -2.33. The maximum Gasteiger partial charge on any atom is 0.227 e. The maximum absolute atomic E-state index is 12.1. The summed E-state index contributed by atoms with van der Waals surface area (Å²) in [6, 6.07) is 7.16. The molecule has 0 saturated carbocycles. The molecule has 0 fully saturated rings. The lowest BCUT2D eigenvalue weighted by molar-refractivity contribution is -0.123. The molecule has 6 nitrogen and oxygen atoms in total. The molecular weight excluding hydrogens is 363 g/mol. The van der Waals surface area contributed by atoms with E-state index in [1.165, 1.54) is 0 Å². The van der Waals surface area contributed by atoms with Gasteiger partial charge in [0.15, 0.2) is 0 Å². The first-order valence-electron chi connectivity index (χ1n) is 7.93. The SMILES string of the molecule is CC(C)C(C)(CN)NC(=O)CCc1nc(-c2ccc(Cl)cc2)no1.Cl. The van der Waals surface area contributed by atoms with E-state index in [9.17, 15) is 4.79 Å². The summed E-state index contributed by atoms with van der Waals surface area (Å²) in [5, 5.41) is 7.57. The third-order valence-electron chi connectivity index (χ3n) is 4.26. The Morgan fingerprint density at radius 1 is 1.36 bits per heavy atom. The van der Waals surface area contributed by atoms with Gasteiger partial charge in [-0.1, -0.05) is 30.6 Å². The summed E-state index contributed by atoms with van der Waals surface area (Å²) in [5.74, 6) is 1.07. The average molecular weight is 387 g/mol. The van der Waals surface area contributed by atoms with Gasteiger partial charge in [0, 0.05) is 30.0 Å². The second-order valence-electron chi connectivity index (χ2n) is 6.34. The number of hydrogen-bond acceptors (Lipinski definition) is 5. The molecule has 1 aromatic heterocycles. The monoisotopic (exact) mass is 386 g/mol. The van der Waals surface area contributed by atoms with Crippen molar-refractivity contribution in [2.45, 2.75) is 39.2 Å². The van der Waals surface area contributed by atoms with Crippen molar-refractivity contribution >= 4 is 29.9 Å². The fraction of sp³-hybridized carbons (Fsp3) is 0.471. The highest BCUT2D eigenvalue weighted by molar-refractivity contribution is 6.30. The van der Waals surface area contributed by atoms with Crippen LogP contribution in [0.1, 0.15) is 33.1 Å². The van der Waals surface area contributed by atoms with Crippen LogP contribution in [0.2, 0.25) is 5.02 Å². The summed E-state index contributed by atoms with van der Waals surface area (Å²) >= 11 is 5.86. The zero-order valence-corrected chi connectivity index (χ0v) is 16.2. The zero-order valence-electron chi connectivity index (χ0n) is 14.6. The molecule has 2 rings (SSSR count). The van der Waals surface area contributed by atoms with Gasteiger partial charge in [-0.05, 0) is 37.1 Å². The number of benzene rings is 1. The first kappa shape index (κ1) is 21.4. The van der Waals surface area contributed by atoms with Crippen LogP contribution in [-0.2, 0) is 11.2 Å². The van der Waals surface area contributed by atoms with E-state index in [0.717, 1.165) is 5.56 Å². The summed E-state index contributed by atoms with van der Waals surface area (Å²) in [6.45, 7) is 6.39. The molecule has 2 aromatic rings. The average Bonchev–Trinajstić information content (AvgIpc) is 3.02. The van der Waals surface area contributed by atoms with Crippen LogP contribution in [0.4, 0.5) is 0 Å². The summed E-state index contributed by atoms with van der Waals surface area (Å²) in [5.41, 5.74) is 6.17. The molecule has 0 saturated heterocycles. The molecule has 0 bridgehead atoms. The van der Waals surface area contributed by atoms with Crippen LogP contribution < -0.4 is 11.1 Å². The number of aryl methyl sites for hydroxylation is 1. The second-order valence-corrected chi connectivity index (χ2v) is 6.78. The van der Waals surface area contributed by atoms with Crippen molar-refractivity contribution < 1.29 is 9.32 Å². The van der Waals surface area contributed by atoms with Crippen molar-refractivity contribution in [3.63, 3.8) is 0 Å². The lowest BCUT2D eigenvalue weighted by atomic mass is 9.88. The number of nitrogens with zero attached hydrogens (tertiary/aromatic N) is 2. The van der Waals surface area contributed by atoms with Gasteiger partial charge in [-0.15, -0.1) is 12.4 Å². The first-order chi connectivity index (χ1) is 11.3. The molecule has 1 atom stereocenters. The van der Waals surface area contributed by atoms with Gasteiger partial charge in [-0.25, -0.2) is 0 Å². The van der Waals surface area contributed by atoms with Gasteiger partial charge in [-0.3, -0.25) is 4.79 Å². The van der Waals surface area contributed by atoms with E-state index in [0.29, 0.717) is 29.7 Å². The summed E-state index contributed by atoms with van der Waals surface area (Å²) in [7, 11) is 0. The van der Waals surface area contributed by atoms with E-state index in [4.69, 9.17) is 21.9 Å². The van der Waals surface area contributed by atoms with Crippen molar-refractivity contribution in [2.24, 2.45) is 11.7 Å². The Hall–Kier alpha value is -1.63. The Bertz CT molecular complexity index is 688. The molecule has 8 heteroatoms. The smallest absolute Gasteiger partial charge is 0.227 e. The summed E-state index contributed by atoms with van der Waals surface area (Å²) < 4.78 is 5.20. The third-order valence-corrected chi connectivity index (χ3v) is 4.51. The minimum Gasteiger partial charge on any atom is -0.349 e. The summed E-state index contributed by atoms with van der Waals surface area (Å²) in [6.07, 6.45) is 0.649. The molecule has 0 aliphatic carbocycles. The number of nitrogens with two attached hydrogens (primary N) is 1. The molecule has 0 radical (unpaired) electrons. The summed E-state index contributed by atoms with van der Waals surface area (Å²) in [4.78, 5) is 16.4. The number of rotatable bonds is 7. The lowest BCUT2D eigenvalue weighted by Crippen LogP contribution is -2.55. The number of aromatic nitrogens is 2. The fourth-order valence-electron chi connectivity index (χ4n) is 2.11. The van der Waals surface area contributed by atoms with Gasteiger partial charge >= 0.3 is 0 Å². The highest BCUT2D eigenvalue weighted by Gasteiger charge is 2.28. The number of halogens is 2. The Morgan fingerprint density at radius 3 is 2.56 bits per heavy atom. The van der Waals surface area contributed by atoms with Crippen molar-refractivity contribution in [3.8, 4) is 11.4 Å². The van der Waals surface area contributed by atoms with E-state index in [1.54, 1.807) is 12.1 Å². The van der Waals surface area contributed by atoms with Crippen molar-refractivity contribution in [2.75, 3.05) is 6.54 Å². The van der Waals surface area contributed by atoms with Crippen molar-refractivity contribution in [1.82, 2.24) is 15.5 Å². The number of nitrogens with one attached hydrogen (secondary N) is 1. The quantitative estimate of drug-likeness (QED) is 0.761. The largest absolute Gasteiger partial charge is 0.349 e. The van der Waals surface area contributed by atoms with E-state index >= 15 is 0 Å².